The Morgan fingerprint density at radius 2 is 1.58 bits per heavy atom. The predicted octanol–water partition coefficient (Wildman–Crippen LogP) is 4.31. The topological polar surface area (TPSA) is 25.8 Å². The molecule has 0 atom stereocenters. The number of hydrogen-bond donors (Lipinski definition) is 0. The van der Waals surface area contributed by atoms with Gasteiger partial charge in [0.2, 0.25) is 0 Å². The molecule has 2 aromatic rings. The third-order valence-corrected chi connectivity index (χ3v) is 3.86. The molecule has 1 aromatic carbocycles. The van der Waals surface area contributed by atoms with Gasteiger partial charge in [-0.3, -0.25) is 0 Å². The quantitative estimate of drug-likeness (QED) is 0.794. The highest BCUT2D eigenvalue weighted by Crippen LogP contribution is 2.32. The Morgan fingerprint density at radius 1 is 0.947 bits per heavy atom. The zero-order valence-corrected chi connectivity index (χ0v) is 11.3. The standard InChI is InChI=1S/C17H19N2/c1-13-11-18-17(19-12-13)16-9-7-15(8-10-16)14-5-3-2-4-6-14/h2,7-12,14H,3-6H2,1H3. The van der Waals surface area contributed by atoms with Crippen LogP contribution in [0, 0.1) is 13.3 Å². The Kier molecular flexibility index (Phi) is 3.58. The lowest BCUT2D eigenvalue weighted by Crippen LogP contribution is -2.04. The summed E-state index contributed by atoms with van der Waals surface area (Å²) in [6.07, 6.45) is 11.2. The van der Waals surface area contributed by atoms with Crippen LogP contribution in [0.3, 0.4) is 0 Å². The Hall–Kier alpha value is -1.70. The van der Waals surface area contributed by atoms with Gasteiger partial charge in [0.05, 0.1) is 0 Å². The fraction of sp³-hybridized carbons (Fsp3) is 0.353. The maximum absolute atomic E-state index is 4.37. The van der Waals surface area contributed by atoms with E-state index in [1.54, 1.807) is 0 Å². The van der Waals surface area contributed by atoms with Crippen LogP contribution in [0.15, 0.2) is 36.7 Å². The molecule has 97 valence electrons. The van der Waals surface area contributed by atoms with Crippen LogP contribution in [0.25, 0.3) is 11.4 Å². The van der Waals surface area contributed by atoms with E-state index in [4.69, 9.17) is 0 Å². The van der Waals surface area contributed by atoms with E-state index in [9.17, 15) is 0 Å². The Labute approximate surface area is 114 Å². The van der Waals surface area contributed by atoms with Crippen molar-refractivity contribution in [1.82, 2.24) is 9.97 Å². The van der Waals surface area contributed by atoms with Gasteiger partial charge in [0.1, 0.15) is 0 Å². The van der Waals surface area contributed by atoms with Crippen LogP contribution in [0.1, 0.15) is 42.7 Å². The predicted molar refractivity (Wildman–Crippen MR) is 77.7 cm³/mol. The number of benzene rings is 1. The second-order valence-electron chi connectivity index (χ2n) is 5.35. The largest absolute Gasteiger partial charge is 0.236 e. The number of aromatic nitrogens is 2. The van der Waals surface area contributed by atoms with Gasteiger partial charge in [0.15, 0.2) is 5.82 Å². The molecule has 1 aliphatic carbocycles. The van der Waals surface area contributed by atoms with Crippen molar-refractivity contribution in [1.29, 1.82) is 0 Å². The van der Waals surface area contributed by atoms with E-state index in [2.05, 4.69) is 40.7 Å². The Balaban J connectivity index is 1.80. The lowest BCUT2D eigenvalue weighted by Gasteiger charge is -2.21. The van der Waals surface area contributed by atoms with Gasteiger partial charge in [-0.2, -0.15) is 0 Å². The summed E-state index contributed by atoms with van der Waals surface area (Å²) in [5.41, 5.74) is 3.66. The summed E-state index contributed by atoms with van der Waals surface area (Å²) in [5.74, 6) is 1.55. The fourth-order valence-corrected chi connectivity index (χ4v) is 2.71. The molecule has 0 saturated heterocycles. The number of hydrogen-bond acceptors (Lipinski definition) is 2. The molecule has 0 bridgehead atoms. The molecule has 1 radical (unpaired) electrons. The van der Waals surface area contributed by atoms with Crippen LogP contribution in [0.5, 0.6) is 0 Å². The zero-order valence-electron chi connectivity index (χ0n) is 11.3. The third-order valence-electron chi connectivity index (χ3n) is 3.86. The van der Waals surface area contributed by atoms with Gasteiger partial charge >= 0.3 is 0 Å². The molecule has 1 fully saturated rings. The summed E-state index contributed by atoms with van der Waals surface area (Å²) in [4.78, 5) is 8.75. The Morgan fingerprint density at radius 3 is 2.21 bits per heavy atom. The van der Waals surface area contributed by atoms with Gasteiger partial charge in [-0.1, -0.05) is 24.3 Å². The smallest absolute Gasteiger partial charge is 0.159 e. The van der Waals surface area contributed by atoms with Gasteiger partial charge in [-0.25, -0.2) is 9.97 Å². The van der Waals surface area contributed by atoms with E-state index in [1.165, 1.54) is 31.2 Å². The minimum Gasteiger partial charge on any atom is -0.236 e. The molecule has 1 aromatic heterocycles. The van der Waals surface area contributed by atoms with Crippen LogP contribution < -0.4 is 0 Å². The third kappa shape index (κ3) is 2.83. The molecule has 0 amide bonds. The first-order valence-corrected chi connectivity index (χ1v) is 7.03. The number of aryl methyl sites for hydroxylation is 1. The van der Waals surface area contributed by atoms with Crippen molar-refractivity contribution in [2.45, 2.75) is 38.5 Å². The summed E-state index contributed by atoms with van der Waals surface area (Å²) in [6.45, 7) is 2.01. The summed E-state index contributed by atoms with van der Waals surface area (Å²) in [5, 5.41) is 0. The van der Waals surface area contributed by atoms with E-state index in [1.807, 2.05) is 19.3 Å². The minimum atomic E-state index is 0.734. The average molecular weight is 251 g/mol. The maximum Gasteiger partial charge on any atom is 0.159 e. The van der Waals surface area contributed by atoms with Crippen molar-refractivity contribution in [3.8, 4) is 11.4 Å². The normalized spacial score (nSPS) is 16.5. The van der Waals surface area contributed by atoms with E-state index < -0.39 is 0 Å². The fourth-order valence-electron chi connectivity index (χ4n) is 2.71. The number of rotatable bonds is 2. The minimum absolute atomic E-state index is 0.734. The highest BCUT2D eigenvalue weighted by atomic mass is 14.9. The molecule has 1 aliphatic rings. The van der Waals surface area contributed by atoms with Crippen molar-refractivity contribution in [2.24, 2.45) is 0 Å². The monoisotopic (exact) mass is 251 g/mol. The second-order valence-corrected chi connectivity index (χ2v) is 5.35. The summed E-state index contributed by atoms with van der Waals surface area (Å²) >= 11 is 0. The molecule has 0 spiro atoms. The van der Waals surface area contributed by atoms with Gasteiger partial charge in [-0.15, -0.1) is 0 Å². The molecule has 0 N–H and O–H groups in total. The SMILES string of the molecule is Cc1cnc(-c2ccc(C3CC[CH]CC3)cc2)nc1. The van der Waals surface area contributed by atoms with Crippen LogP contribution in [-0.2, 0) is 0 Å². The summed E-state index contributed by atoms with van der Waals surface area (Å²) in [6, 6.07) is 8.79. The molecule has 2 nitrogen and oxygen atoms in total. The lowest BCUT2D eigenvalue weighted by molar-refractivity contribution is 0.512. The molecule has 2 heteroatoms. The van der Waals surface area contributed by atoms with Gasteiger partial charge < -0.3 is 0 Å². The van der Waals surface area contributed by atoms with Crippen molar-refractivity contribution < 1.29 is 0 Å². The summed E-state index contributed by atoms with van der Waals surface area (Å²) in [7, 11) is 0. The van der Waals surface area contributed by atoms with Crippen molar-refractivity contribution in [2.75, 3.05) is 0 Å². The number of nitrogens with zero attached hydrogens (tertiary/aromatic N) is 2. The first kappa shape index (κ1) is 12.3. The highest BCUT2D eigenvalue weighted by molar-refractivity contribution is 5.55. The van der Waals surface area contributed by atoms with E-state index >= 15 is 0 Å². The molecule has 3 rings (SSSR count). The molecule has 1 heterocycles. The van der Waals surface area contributed by atoms with E-state index in [0.29, 0.717) is 0 Å². The lowest BCUT2D eigenvalue weighted by atomic mass is 9.84. The van der Waals surface area contributed by atoms with E-state index in [0.717, 1.165) is 22.9 Å². The van der Waals surface area contributed by atoms with E-state index in [-0.39, 0.29) is 0 Å². The van der Waals surface area contributed by atoms with Crippen LogP contribution in [-0.4, -0.2) is 9.97 Å². The van der Waals surface area contributed by atoms with Gasteiger partial charge in [-0.05, 0) is 56.1 Å². The molecule has 19 heavy (non-hydrogen) atoms. The highest BCUT2D eigenvalue weighted by Gasteiger charge is 2.15. The summed E-state index contributed by atoms with van der Waals surface area (Å²) < 4.78 is 0. The van der Waals surface area contributed by atoms with Gasteiger partial charge in [0, 0.05) is 18.0 Å². The van der Waals surface area contributed by atoms with Crippen molar-refractivity contribution in [3.05, 3.63) is 54.2 Å². The first-order chi connectivity index (χ1) is 9.33. The Bertz CT molecular complexity index is 522. The van der Waals surface area contributed by atoms with Crippen molar-refractivity contribution in [3.63, 3.8) is 0 Å². The molecule has 1 saturated carbocycles. The first-order valence-electron chi connectivity index (χ1n) is 7.03. The molecular weight excluding hydrogens is 232 g/mol. The second kappa shape index (κ2) is 5.52. The molecular formula is C17H19N2. The van der Waals surface area contributed by atoms with Crippen LogP contribution in [0.4, 0.5) is 0 Å². The molecule has 0 aliphatic heterocycles. The average Bonchev–Trinajstić information content (AvgIpc) is 2.49. The van der Waals surface area contributed by atoms with Crippen LogP contribution in [0.2, 0.25) is 0 Å². The maximum atomic E-state index is 4.37. The zero-order chi connectivity index (χ0) is 13.1. The van der Waals surface area contributed by atoms with Gasteiger partial charge in [0.25, 0.3) is 0 Å². The van der Waals surface area contributed by atoms with Crippen LogP contribution >= 0.6 is 0 Å². The van der Waals surface area contributed by atoms with Crippen molar-refractivity contribution >= 4 is 0 Å². The molecule has 0 unspecified atom stereocenters.